The van der Waals surface area contributed by atoms with Crippen LogP contribution in [0.2, 0.25) is 0 Å². The number of ether oxygens (including phenoxy) is 5. The lowest BCUT2D eigenvalue weighted by atomic mass is 9.68. The van der Waals surface area contributed by atoms with Gasteiger partial charge >= 0.3 is 5.97 Å². The lowest BCUT2D eigenvalue weighted by Crippen LogP contribution is -2.41. The average molecular weight is 494 g/mol. The van der Waals surface area contributed by atoms with Gasteiger partial charge in [-0.05, 0) is 42.3 Å². The summed E-state index contributed by atoms with van der Waals surface area (Å²) in [4.78, 5) is 26.7. The number of hydrogen-bond donors (Lipinski definition) is 1. The summed E-state index contributed by atoms with van der Waals surface area (Å²) < 4.78 is 26.8. The van der Waals surface area contributed by atoms with Crippen LogP contribution < -0.4 is 24.3 Å². The van der Waals surface area contributed by atoms with Gasteiger partial charge in [0.25, 0.3) is 0 Å². The predicted molar refractivity (Wildman–Crippen MR) is 134 cm³/mol. The van der Waals surface area contributed by atoms with Gasteiger partial charge in [0.2, 0.25) is 0 Å². The van der Waals surface area contributed by atoms with Crippen molar-refractivity contribution in [1.82, 2.24) is 5.32 Å². The van der Waals surface area contributed by atoms with Gasteiger partial charge in [-0.15, -0.1) is 0 Å². The van der Waals surface area contributed by atoms with E-state index in [9.17, 15) is 9.59 Å². The maximum Gasteiger partial charge on any atom is 0.336 e. The zero-order chi connectivity index (χ0) is 26.0. The molecule has 2 aromatic rings. The summed E-state index contributed by atoms with van der Waals surface area (Å²) in [5.74, 6) is 0.589. The summed E-state index contributed by atoms with van der Waals surface area (Å²) in [6.45, 7) is 1.82. The number of carbonyl (C=O) groups is 2. The first kappa shape index (κ1) is 25.2. The number of carbonyl (C=O) groups excluding carboxylic acids is 2. The van der Waals surface area contributed by atoms with Crippen molar-refractivity contribution in [3.8, 4) is 23.0 Å². The quantitative estimate of drug-likeness (QED) is 0.576. The van der Waals surface area contributed by atoms with E-state index in [1.54, 1.807) is 34.5 Å². The highest BCUT2D eigenvalue weighted by molar-refractivity contribution is 5.96. The zero-order valence-electron chi connectivity index (χ0n) is 21.3. The second-order valence-electron chi connectivity index (χ2n) is 8.74. The number of allylic oxidation sites excluding steroid dienone is 3. The maximum absolute atomic E-state index is 13.7. The lowest BCUT2D eigenvalue weighted by Gasteiger charge is -2.39. The topological polar surface area (TPSA) is 92.3 Å². The normalized spacial score (nSPS) is 21.1. The molecule has 0 saturated carbocycles. The first-order valence-corrected chi connectivity index (χ1v) is 11.6. The number of rotatable bonds is 7. The molecule has 1 heterocycles. The summed E-state index contributed by atoms with van der Waals surface area (Å²) in [5, 5.41) is 3.32. The molecule has 0 fully saturated rings. The molecule has 3 atom stereocenters. The van der Waals surface area contributed by atoms with Gasteiger partial charge in [0.1, 0.15) is 5.78 Å². The van der Waals surface area contributed by atoms with Gasteiger partial charge in [-0.3, -0.25) is 4.79 Å². The molecule has 3 unspecified atom stereocenters. The van der Waals surface area contributed by atoms with Gasteiger partial charge in [-0.2, -0.15) is 0 Å². The highest BCUT2D eigenvalue weighted by atomic mass is 16.5. The van der Waals surface area contributed by atoms with E-state index in [4.69, 9.17) is 23.7 Å². The van der Waals surface area contributed by atoms with Crippen molar-refractivity contribution in [1.29, 1.82) is 0 Å². The number of methoxy groups -OCH3 is 5. The van der Waals surface area contributed by atoms with Crippen LogP contribution in [-0.2, 0) is 14.3 Å². The van der Waals surface area contributed by atoms with E-state index >= 15 is 0 Å². The summed E-state index contributed by atoms with van der Waals surface area (Å²) in [6, 6.07) is 11.1. The molecular weight excluding hydrogens is 462 g/mol. The van der Waals surface area contributed by atoms with Crippen LogP contribution in [0.5, 0.6) is 23.0 Å². The number of benzene rings is 2. The first-order chi connectivity index (χ1) is 17.4. The Bertz CT molecular complexity index is 1250. The highest BCUT2D eigenvalue weighted by Gasteiger charge is 2.45. The van der Waals surface area contributed by atoms with Crippen molar-refractivity contribution in [2.75, 3.05) is 35.5 Å². The minimum Gasteiger partial charge on any atom is -0.493 e. The monoisotopic (exact) mass is 493 g/mol. The Kier molecular flexibility index (Phi) is 7.24. The van der Waals surface area contributed by atoms with Crippen LogP contribution >= 0.6 is 0 Å². The van der Waals surface area contributed by atoms with Crippen LogP contribution in [0.15, 0.2) is 59.4 Å². The van der Waals surface area contributed by atoms with Crippen molar-refractivity contribution in [3.63, 3.8) is 0 Å². The number of Topliss-reactive ketones (excluding diaryl/α,β-unsaturated/α-hetero) is 1. The molecular formula is C28H31NO7. The van der Waals surface area contributed by atoms with E-state index in [1.807, 2.05) is 37.3 Å². The Labute approximate surface area is 210 Å². The Morgan fingerprint density at radius 3 is 1.92 bits per heavy atom. The zero-order valence-corrected chi connectivity index (χ0v) is 21.3. The molecule has 2 aliphatic rings. The molecule has 1 aliphatic heterocycles. The number of fused-ring (bicyclic) bond motifs is 1. The molecule has 190 valence electrons. The van der Waals surface area contributed by atoms with Gasteiger partial charge < -0.3 is 29.0 Å². The van der Waals surface area contributed by atoms with E-state index in [-0.39, 0.29) is 18.1 Å². The molecule has 0 radical (unpaired) electrons. The van der Waals surface area contributed by atoms with E-state index in [2.05, 4.69) is 11.4 Å². The average Bonchev–Trinajstić information content (AvgIpc) is 2.90. The molecule has 0 amide bonds. The largest absolute Gasteiger partial charge is 0.493 e. The molecule has 2 aromatic carbocycles. The molecule has 0 bridgehead atoms. The minimum atomic E-state index is -0.572. The van der Waals surface area contributed by atoms with Crippen molar-refractivity contribution in [2.24, 2.45) is 5.92 Å². The predicted octanol–water partition coefficient (Wildman–Crippen LogP) is 4.11. The molecule has 0 aromatic heterocycles. The Balaban J connectivity index is 1.83. The van der Waals surface area contributed by atoms with Crippen molar-refractivity contribution in [2.45, 2.75) is 25.2 Å². The third kappa shape index (κ3) is 4.39. The number of nitrogens with one attached hydrogen (secondary N) is 1. The van der Waals surface area contributed by atoms with Crippen LogP contribution in [0.3, 0.4) is 0 Å². The molecule has 0 saturated heterocycles. The SMILES string of the molecule is COC(=O)C1=C(C)NC2=CC(c3ccc(OC)c(OC)c3)CC(=O)C2C1c1ccc(OC)c(OC)c1. The molecule has 8 heteroatoms. The lowest BCUT2D eigenvalue weighted by molar-refractivity contribution is -0.136. The third-order valence-corrected chi connectivity index (χ3v) is 6.87. The molecule has 1 aliphatic carbocycles. The Morgan fingerprint density at radius 1 is 0.806 bits per heavy atom. The number of ketones is 1. The highest BCUT2D eigenvalue weighted by Crippen LogP contribution is 2.48. The number of hydrogen-bond acceptors (Lipinski definition) is 8. The van der Waals surface area contributed by atoms with Crippen LogP contribution in [-0.4, -0.2) is 47.3 Å². The fraction of sp³-hybridized carbons (Fsp3) is 0.357. The van der Waals surface area contributed by atoms with E-state index in [0.29, 0.717) is 34.3 Å². The van der Waals surface area contributed by atoms with Gasteiger partial charge in [0.05, 0.1) is 47.0 Å². The summed E-state index contributed by atoms with van der Waals surface area (Å²) in [5.41, 5.74) is 3.53. The van der Waals surface area contributed by atoms with E-state index in [0.717, 1.165) is 16.8 Å². The fourth-order valence-electron chi connectivity index (χ4n) is 5.16. The minimum absolute atomic E-state index is 0.0217. The van der Waals surface area contributed by atoms with Gasteiger partial charge in [-0.1, -0.05) is 18.2 Å². The third-order valence-electron chi connectivity index (χ3n) is 6.87. The van der Waals surface area contributed by atoms with Crippen LogP contribution in [0, 0.1) is 5.92 Å². The molecule has 4 rings (SSSR count). The second-order valence-corrected chi connectivity index (χ2v) is 8.74. The summed E-state index contributed by atoms with van der Waals surface area (Å²) in [7, 11) is 7.63. The second kappa shape index (κ2) is 10.4. The molecule has 36 heavy (non-hydrogen) atoms. The van der Waals surface area contributed by atoms with Crippen LogP contribution in [0.1, 0.15) is 36.3 Å². The summed E-state index contributed by atoms with van der Waals surface area (Å²) in [6.07, 6.45) is 2.35. The summed E-state index contributed by atoms with van der Waals surface area (Å²) >= 11 is 0. The van der Waals surface area contributed by atoms with Crippen LogP contribution in [0.25, 0.3) is 0 Å². The van der Waals surface area contributed by atoms with Crippen molar-refractivity contribution in [3.05, 3.63) is 70.6 Å². The van der Waals surface area contributed by atoms with Crippen LogP contribution in [0.4, 0.5) is 0 Å². The molecule has 8 nitrogen and oxygen atoms in total. The Morgan fingerprint density at radius 2 is 1.36 bits per heavy atom. The smallest absolute Gasteiger partial charge is 0.336 e. The molecule has 0 spiro atoms. The standard InChI is InChI=1S/C28H31NO7/c1-15-25(28(31)36-6)26(17-8-10-22(33-3)24(14-17)35-5)27-19(29-15)11-18(12-20(27)30)16-7-9-21(32-2)23(13-16)34-4/h7-11,13-14,18,26-27,29H,12H2,1-6H3. The fourth-order valence-corrected chi connectivity index (χ4v) is 5.16. The van der Waals surface area contributed by atoms with Crippen molar-refractivity contribution >= 4 is 11.8 Å². The van der Waals surface area contributed by atoms with E-state index < -0.39 is 17.8 Å². The van der Waals surface area contributed by atoms with E-state index in [1.165, 1.54) is 7.11 Å². The number of esters is 1. The van der Waals surface area contributed by atoms with Gasteiger partial charge in [0, 0.05) is 29.7 Å². The maximum atomic E-state index is 13.7. The van der Waals surface area contributed by atoms with Gasteiger partial charge in [0.15, 0.2) is 23.0 Å². The van der Waals surface area contributed by atoms with Crippen molar-refractivity contribution < 1.29 is 33.3 Å². The Hall–Kier alpha value is -3.94. The van der Waals surface area contributed by atoms with Gasteiger partial charge in [-0.25, -0.2) is 4.79 Å². The first-order valence-electron chi connectivity index (χ1n) is 11.6. The molecule has 1 N–H and O–H groups in total.